The van der Waals surface area contributed by atoms with Crippen LogP contribution in [0.4, 0.5) is 11.5 Å². The third-order valence-corrected chi connectivity index (χ3v) is 7.77. The second kappa shape index (κ2) is 7.55. The molecule has 1 spiro atoms. The van der Waals surface area contributed by atoms with E-state index in [1.54, 1.807) is 7.11 Å². The number of benzene rings is 2. The van der Waals surface area contributed by atoms with E-state index in [4.69, 9.17) is 9.72 Å². The Kier molecular flexibility index (Phi) is 4.41. The van der Waals surface area contributed by atoms with Crippen molar-refractivity contribution in [3.05, 3.63) is 65.9 Å². The number of H-pyrrole nitrogens is 1. The quantitative estimate of drug-likeness (QED) is 0.427. The summed E-state index contributed by atoms with van der Waals surface area (Å²) in [6.45, 7) is 3.91. The highest BCUT2D eigenvalue weighted by Crippen LogP contribution is 2.65. The molecule has 0 radical (unpaired) electrons. The highest BCUT2D eigenvalue weighted by Gasteiger charge is 2.65. The lowest BCUT2D eigenvalue weighted by Gasteiger charge is -2.28. The molecule has 7 rings (SSSR count). The molecule has 176 valence electrons. The number of aromatic nitrogens is 3. The lowest BCUT2D eigenvalue weighted by Crippen LogP contribution is -2.43. The Morgan fingerprint density at radius 3 is 2.77 bits per heavy atom. The number of piperazine rings is 1. The molecule has 3 N–H and O–H groups in total. The molecule has 2 aromatic heterocycles. The zero-order chi connectivity index (χ0) is 23.6. The number of rotatable bonds is 4. The molecule has 1 saturated heterocycles. The zero-order valence-electron chi connectivity index (χ0n) is 19.5. The molecule has 2 aliphatic heterocycles. The maximum atomic E-state index is 13.0. The number of nitrogens with zero attached hydrogens (tertiary/aromatic N) is 3. The summed E-state index contributed by atoms with van der Waals surface area (Å²) in [6.07, 6.45) is 2.70. The van der Waals surface area contributed by atoms with Gasteiger partial charge >= 0.3 is 0 Å². The minimum Gasteiger partial charge on any atom is -0.497 e. The first-order valence-electron chi connectivity index (χ1n) is 12.1. The predicted octanol–water partition coefficient (Wildman–Crippen LogP) is 3.42. The van der Waals surface area contributed by atoms with Crippen LogP contribution in [0.1, 0.15) is 23.5 Å². The van der Waals surface area contributed by atoms with Gasteiger partial charge in [0.15, 0.2) is 0 Å². The Labute approximate surface area is 202 Å². The average molecular weight is 467 g/mol. The van der Waals surface area contributed by atoms with E-state index in [1.807, 2.05) is 24.4 Å². The van der Waals surface area contributed by atoms with Crippen LogP contribution in [0, 0.1) is 0 Å². The molecule has 3 aliphatic rings. The fourth-order valence-corrected chi connectivity index (χ4v) is 5.78. The number of carbonyl (C=O) groups is 1. The minimum absolute atomic E-state index is 0.0757. The molecule has 2 fully saturated rings. The van der Waals surface area contributed by atoms with Crippen molar-refractivity contribution < 1.29 is 9.53 Å². The van der Waals surface area contributed by atoms with Gasteiger partial charge in [0.2, 0.25) is 5.91 Å². The van der Waals surface area contributed by atoms with E-state index in [-0.39, 0.29) is 11.8 Å². The van der Waals surface area contributed by atoms with Gasteiger partial charge in [-0.15, -0.1) is 0 Å². The van der Waals surface area contributed by atoms with E-state index < -0.39 is 5.41 Å². The topological polar surface area (TPSA) is 95.2 Å². The molecular weight excluding hydrogens is 440 g/mol. The van der Waals surface area contributed by atoms with Crippen molar-refractivity contribution in [3.8, 4) is 17.0 Å². The summed E-state index contributed by atoms with van der Waals surface area (Å²) in [7, 11) is 1.65. The van der Waals surface area contributed by atoms with Gasteiger partial charge in [0.25, 0.3) is 0 Å². The molecule has 1 amide bonds. The highest BCUT2D eigenvalue weighted by molar-refractivity contribution is 6.10. The second-order valence-corrected chi connectivity index (χ2v) is 9.61. The third-order valence-electron chi connectivity index (χ3n) is 7.77. The highest BCUT2D eigenvalue weighted by atomic mass is 16.5. The number of anilines is 2. The summed E-state index contributed by atoms with van der Waals surface area (Å²) in [5, 5.41) is 15.3. The van der Waals surface area contributed by atoms with Crippen molar-refractivity contribution >= 4 is 28.3 Å². The van der Waals surface area contributed by atoms with Crippen molar-refractivity contribution in [1.29, 1.82) is 0 Å². The van der Waals surface area contributed by atoms with Gasteiger partial charge in [-0.05, 0) is 53.9 Å². The van der Waals surface area contributed by atoms with Crippen LogP contribution in [-0.4, -0.2) is 54.4 Å². The Balaban J connectivity index is 1.18. The molecule has 8 heteroatoms. The summed E-state index contributed by atoms with van der Waals surface area (Å²) in [6, 6.07) is 16.4. The monoisotopic (exact) mass is 466 g/mol. The van der Waals surface area contributed by atoms with Crippen LogP contribution in [0.2, 0.25) is 0 Å². The number of hydrogen-bond acceptors (Lipinski definition) is 6. The van der Waals surface area contributed by atoms with Gasteiger partial charge in [-0.1, -0.05) is 12.1 Å². The molecule has 8 nitrogen and oxygen atoms in total. The van der Waals surface area contributed by atoms with E-state index in [2.05, 4.69) is 56.1 Å². The average Bonchev–Trinajstić information content (AvgIpc) is 3.44. The number of carbonyl (C=O) groups excluding carboxylic acids is 1. The smallest absolute Gasteiger partial charge is 0.235 e. The molecule has 2 atom stereocenters. The number of pyridine rings is 1. The van der Waals surface area contributed by atoms with Crippen LogP contribution >= 0.6 is 0 Å². The molecular formula is C27H26N6O2. The molecule has 1 saturated carbocycles. The van der Waals surface area contributed by atoms with Crippen LogP contribution in [0.3, 0.4) is 0 Å². The summed E-state index contributed by atoms with van der Waals surface area (Å²) in [4.78, 5) is 20.0. The van der Waals surface area contributed by atoms with Crippen molar-refractivity contribution in [1.82, 2.24) is 20.5 Å². The van der Waals surface area contributed by atoms with Crippen LogP contribution in [0.15, 0.2) is 54.7 Å². The first kappa shape index (κ1) is 20.5. The number of hydrogen-bond donors (Lipinski definition) is 3. The van der Waals surface area contributed by atoms with Gasteiger partial charge < -0.3 is 20.3 Å². The Bertz CT molecular complexity index is 1460. The molecule has 1 aliphatic carbocycles. The lowest BCUT2D eigenvalue weighted by atomic mass is 9.91. The van der Waals surface area contributed by atoms with Crippen molar-refractivity contribution in [2.24, 2.45) is 0 Å². The largest absolute Gasteiger partial charge is 0.497 e. The van der Waals surface area contributed by atoms with E-state index in [1.165, 1.54) is 0 Å². The minimum atomic E-state index is -0.510. The lowest BCUT2D eigenvalue weighted by molar-refractivity contribution is -0.118. The summed E-state index contributed by atoms with van der Waals surface area (Å²) in [5.74, 6) is 1.98. The Morgan fingerprint density at radius 1 is 1.09 bits per heavy atom. The molecule has 4 heterocycles. The summed E-state index contributed by atoms with van der Waals surface area (Å²) in [5.41, 5.74) is 5.41. The molecule has 2 aromatic carbocycles. The van der Waals surface area contributed by atoms with Crippen molar-refractivity contribution in [2.45, 2.75) is 17.8 Å². The van der Waals surface area contributed by atoms with Crippen LogP contribution in [-0.2, 0) is 10.2 Å². The molecule has 0 unspecified atom stereocenters. The van der Waals surface area contributed by atoms with Crippen molar-refractivity contribution in [3.63, 3.8) is 0 Å². The normalized spacial score (nSPS) is 22.9. The molecule has 35 heavy (non-hydrogen) atoms. The summed E-state index contributed by atoms with van der Waals surface area (Å²) >= 11 is 0. The van der Waals surface area contributed by atoms with E-state index >= 15 is 0 Å². The first-order valence-corrected chi connectivity index (χ1v) is 12.1. The molecule has 0 bridgehead atoms. The van der Waals surface area contributed by atoms with Gasteiger partial charge in [-0.3, -0.25) is 9.89 Å². The van der Waals surface area contributed by atoms with Gasteiger partial charge in [-0.25, -0.2) is 4.98 Å². The van der Waals surface area contributed by atoms with E-state index in [0.717, 1.165) is 83.1 Å². The van der Waals surface area contributed by atoms with Gasteiger partial charge in [0.05, 0.1) is 18.0 Å². The maximum absolute atomic E-state index is 13.0. The number of nitrogens with one attached hydrogen (secondary N) is 3. The standard InChI is InChI=1S/C27H26N6O2/c1-35-18-4-6-22-20(13-18)27(26(34)30-22)14-21(27)16-2-5-19-23(12-16)31-32-25(19)17-3-7-24(29-15-17)33-10-8-28-9-11-33/h2-7,12-13,15,21,28H,8-11,14H2,1H3,(H,30,34)(H,31,32)/t21-,27-/m0/s1. The van der Waals surface area contributed by atoms with Gasteiger partial charge in [-0.2, -0.15) is 5.10 Å². The number of methoxy groups -OCH3 is 1. The number of amides is 1. The van der Waals surface area contributed by atoms with Gasteiger partial charge in [0.1, 0.15) is 17.3 Å². The maximum Gasteiger partial charge on any atom is 0.235 e. The third kappa shape index (κ3) is 3.06. The van der Waals surface area contributed by atoms with Crippen LogP contribution < -0.4 is 20.3 Å². The van der Waals surface area contributed by atoms with E-state index in [0.29, 0.717) is 0 Å². The zero-order valence-corrected chi connectivity index (χ0v) is 19.5. The van der Waals surface area contributed by atoms with Crippen molar-refractivity contribution in [2.75, 3.05) is 43.5 Å². The van der Waals surface area contributed by atoms with Crippen LogP contribution in [0.25, 0.3) is 22.2 Å². The summed E-state index contributed by atoms with van der Waals surface area (Å²) < 4.78 is 5.42. The number of ether oxygens (including phenoxy) is 1. The van der Waals surface area contributed by atoms with Crippen LogP contribution in [0.5, 0.6) is 5.75 Å². The Hall–Kier alpha value is -3.91. The Morgan fingerprint density at radius 2 is 1.97 bits per heavy atom. The fourth-order valence-electron chi connectivity index (χ4n) is 5.78. The molecule has 4 aromatic rings. The first-order chi connectivity index (χ1) is 17.2. The fraction of sp³-hybridized carbons (Fsp3) is 0.296. The SMILES string of the molecule is COc1ccc2c(c1)[C@]1(C[C@H]1c1ccc3c(-c4ccc(N5CCNCC5)nc4)n[nH]c3c1)C(=O)N2. The predicted molar refractivity (Wildman–Crippen MR) is 135 cm³/mol. The number of fused-ring (bicyclic) bond motifs is 3. The van der Waals surface area contributed by atoms with Gasteiger partial charge in [0, 0.05) is 54.9 Å². The number of aromatic amines is 1. The second-order valence-electron chi connectivity index (χ2n) is 9.61. The van der Waals surface area contributed by atoms with E-state index in [9.17, 15) is 4.79 Å².